The molecule has 2 rings (SSSR count). The number of nitrogens with zero attached hydrogens (tertiary/aromatic N) is 1. The molecule has 1 unspecified atom stereocenters. The van der Waals surface area contributed by atoms with Gasteiger partial charge in [0, 0.05) is 30.9 Å². The van der Waals surface area contributed by atoms with Crippen molar-refractivity contribution in [1.29, 1.82) is 0 Å². The summed E-state index contributed by atoms with van der Waals surface area (Å²) in [6.45, 7) is 5.36. The summed E-state index contributed by atoms with van der Waals surface area (Å²) in [5, 5.41) is 0. The predicted octanol–water partition coefficient (Wildman–Crippen LogP) is 0.911. The van der Waals surface area contributed by atoms with Crippen LogP contribution in [-0.4, -0.2) is 33.6 Å². The monoisotopic (exact) mass is 283 g/mol. The quantitative estimate of drug-likeness (QED) is 0.861. The highest BCUT2D eigenvalue weighted by Gasteiger charge is 2.20. The summed E-state index contributed by atoms with van der Waals surface area (Å²) in [6.07, 6.45) is 0.981. The maximum atomic E-state index is 12.0. The molecule has 1 heterocycles. The van der Waals surface area contributed by atoms with Gasteiger partial charge in [0.25, 0.3) is 0 Å². The Morgan fingerprint density at radius 2 is 1.95 bits per heavy atom. The molecule has 1 fully saturated rings. The Hall–Kier alpha value is -1.11. The van der Waals surface area contributed by atoms with Crippen molar-refractivity contribution >= 4 is 15.7 Å². The number of nitrogens with one attached hydrogen (secondary N) is 1. The summed E-state index contributed by atoms with van der Waals surface area (Å²) in [4.78, 5) is 2.48. The first-order chi connectivity index (χ1) is 8.88. The normalized spacial score (nSPS) is 20.2. The average Bonchev–Trinajstić information content (AvgIpc) is 2.74. The van der Waals surface area contributed by atoms with Gasteiger partial charge in [0.1, 0.15) is 0 Å². The lowest BCUT2D eigenvalue weighted by molar-refractivity contribution is 0.570. The number of nitrogens with two attached hydrogens (primary N) is 1. The van der Waals surface area contributed by atoms with E-state index in [9.17, 15) is 8.42 Å². The van der Waals surface area contributed by atoms with Gasteiger partial charge in [-0.1, -0.05) is 0 Å². The highest BCUT2D eigenvalue weighted by atomic mass is 32.2. The van der Waals surface area contributed by atoms with Crippen LogP contribution in [0.2, 0.25) is 0 Å². The molecule has 106 valence electrons. The molecule has 1 aliphatic rings. The fourth-order valence-corrected chi connectivity index (χ4v) is 3.49. The van der Waals surface area contributed by atoms with Crippen molar-refractivity contribution in [2.45, 2.75) is 37.2 Å². The molecule has 0 bridgehead atoms. The zero-order chi connectivity index (χ0) is 14.0. The number of anilines is 1. The van der Waals surface area contributed by atoms with E-state index in [0.717, 1.165) is 25.2 Å². The van der Waals surface area contributed by atoms with Gasteiger partial charge in [0.15, 0.2) is 0 Å². The largest absolute Gasteiger partial charge is 0.370 e. The molecule has 1 saturated heterocycles. The molecule has 1 atom stereocenters. The van der Waals surface area contributed by atoms with Crippen molar-refractivity contribution in [3.8, 4) is 0 Å². The van der Waals surface area contributed by atoms with Crippen LogP contribution in [0.1, 0.15) is 20.3 Å². The van der Waals surface area contributed by atoms with E-state index >= 15 is 0 Å². The maximum absolute atomic E-state index is 12.0. The third-order valence-corrected chi connectivity index (χ3v) is 4.80. The van der Waals surface area contributed by atoms with Crippen molar-refractivity contribution < 1.29 is 8.42 Å². The Kier molecular flexibility index (Phi) is 4.13. The van der Waals surface area contributed by atoms with E-state index in [1.54, 1.807) is 26.0 Å². The minimum Gasteiger partial charge on any atom is -0.370 e. The lowest BCUT2D eigenvalue weighted by atomic mass is 10.3. The lowest BCUT2D eigenvalue weighted by Gasteiger charge is -2.18. The Labute approximate surface area is 114 Å². The van der Waals surface area contributed by atoms with Gasteiger partial charge in [0.05, 0.1) is 4.90 Å². The number of rotatable bonds is 4. The second kappa shape index (κ2) is 5.48. The minimum absolute atomic E-state index is 0.110. The van der Waals surface area contributed by atoms with E-state index < -0.39 is 10.0 Å². The summed E-state index contributed by atoms with van der Waals surface area (Å²) in [5.41, 5.74) is 6.89. The van der Waals surface area contributed by atoms with E-state index in [1.807, 2.05) is 12.1 Å². The number of benzene rings is 1. The van der Waals surface area contributed by atoms with Gasteiger partial charge < -0.3 is 10.6 Å². The van der Waals surface area contributed by atoms with Crippen LogP contribution in [0.25, 0.3) is 0 Å². The second-order valence-corrected chi connectivity index (χ2v) is 6.98. The molecule has 19 heavy (non-hydrogen) atoms. The van der Waals surface area contributed by atoms with Gasteiger partial charge in [-0.3, -0.25) is 0 Å². The molecule has 1 aromatic rings. The van der Waals surface area contributed by atoms with Gasteiger partial charge >= 0.3 is 0 Å². The fraction of sp³-hybridized carbons (Fsp3) is 0.538. The molecule has 0 spiro atoms. The molecular weight excluding hydrogens is 262 g/mol. The SMILES string of the molecule is CC(C)NS(=O)(=O)c1ccc(N2CCC(N)C2)cc1. The van der Waals surface area contributed by atoms with Gasteiger partial charge in [-0.2, -0.15) is 0 Å². The molecular formula is C13H21N3O2S. The van der Waals surface area contributed by atoms with Crippen LogP contribution >= 0.6 is 0 Å². The highest BCUT2D eigenvalue weighted by Crippen LogP contribution is 2.21. The van der Waals surface area contributed by atoms with Gasteiger partial charge in [-0.15, -0.1) is 0 Å². The van der Waals surface area contributed by atoms with Crippen LogP contribution in [0.5, 0.6) is 0 Å². The molecule has 1 aromatic carbocycles. The Balaban J connectivity index is 2.14. The van der Waals surface area contributed by atoms with Crippen molar-refractivity contribution in [2.24, 2.45) is 5.73 Å². The molecule has 0 aromatic heterocycles. The van der Waals surface area contributed by atoms with Gasteiger partial charge in [-0.05, 0) is 44.5 Å². The number of hydrogen-bond acceptors (Lipinski definition) is 4. The van der Waals surface area contributed by atoms with Crippen molar-refractivity contribution in [1.82, 2.24) is 4.72 Å². The van der Waals surface area contributed by atoms with Crippen LogP contribution < -0.4 is 15.4 Å². The van der Waals surface area contributed by atoms with Crippen molar-refractivity contribution in [3.63, 3.8) is 0 Å². The molecule has 6 heteroatoms. The second-order valence-electron chi connectivity index (χ2n) is 5.26. The van der Waals surface area contributed by atoms with Crippen LogP contribution in [0.15, 0.2) is 29.2 Å². The third-order valence-electron chi connectivity index (χ3n) is 3.13. The first-order valence-corrected chi connectivity index (χ1v) is 8.00. The van der Waals surface area contributed by atoms with Crippen LogP contribution in [-0.2, 0) is 10.0 Å². The molecule has 0 radical (unpaired) electrons. The first-order valence-electron chi connectivity index (χ1n) is 6.51. The van der Waals surface area contributed by atoms with Crippen LogP contribution in [0, 0.1) is 0 Å². The summed E-state index contributed by atoms with van der Waals surface area (Å²) < 4.78 is 26.5. The van der Waals surface area contributed by atoms with E-state index in [1.165, 1.54) is 0 Å². The number of hydrogen-bond donors (Lipinski definition) is 2. The third kappa shape index (κ3) is 3.46. The van der Waals surface area contributed by atoms with Crippen LogP contribution in [0.4, 0.5) is 5.69 Å². The molecule has 0 amide bonds. The molecule has 5 nitrogen and oxygen atoms in total. The summed E-state index contributed by atoms with van der Waals surface area (Å²) >= 11 is 0. The average molecular weight is 283 g/mol. The van der Waals surface area contributed by atoms with E-state index in [-0.39, 0.29) is 12.1 Å². The zero-order valence-electron chi connectivity index (χ0n) is 11.3. The van der Waals surface area contributed by atoms with E-state index in [4.69, 9.17) is 5.73 Å². The zero-order valence-corrected chi connectivity index (χ0v) is 12.2. The Bertz CT molecular complexity index is 525. The minimum atomic E-state index is -3.40. The maximum Gasteiger partial charge on any atom is 0.240 e. The highest BCUT2D eigenvalue weighted by molar-refractivity contribution is 7.89. The van der Waals surface area contributed by atoms with Crippen molar-refractivity contribution in [2.75, 3.05) is 18.0 Å². The van der Waals surface area contributed by atoms with Crippen molar-refractivity contribution in [3.05, 3.63) is 24.3 Å². The van der Waals surface area contributed by atoms with Gasteiger partial charge in [-0.25, -0.2) is 13.1 Å². The Morgan fingerprint density at radius 1 is 1.32 bits per heavy atom. The molecule has 0 saturated carbocycles. The molecule has 1 aliphatic heterocycles. The number of sulfonamides is 1. The fourth-order valence-electron chi connectivity index (χ4n) is 2.24. The van der Waals surface area contributed by atoms with E-state index in [2.05, 4.69) is 9.62 Å². The summed E-state index contributed by atoms with van der Waals surface area (Å²) in [5.74, 6) is 0. The summed E-state index contributed by atoms with van der Waals surface area (Å²) in [7, 11) is -3.40. The Morgan fingerprint density at radius 3 is 2.42 bits per heavy atom. The van der Waals surface area contributed by atoms with Gasteiger partial charge in [0.2, 0.25) is 10.0 Å². The molecule has 0 aliphatic carbocycles. The van der Waals surface area contributed by atoms with Crippen LogP contribution in [0.3, 0.4) is 0 Å². The van der Waals surface area contributed by atoms with E-state index in [0.29, 0.717) is 4.90 Å². The smallest absolute Gasteiger partial charge is 0.240 e. The molecule has 3 N–H and O–H groups in total. The topological polar surface area (TPSA) is 75.4 Å². The lowest BCUT2D eigenvalue weighted by Crippen LogP contribution is -2.30. The predicted molar refractivity (Wildman–Crippen MR) is 76.7 cm³/mol. The summed E-state index contributed by atoms with van der Waals surface area (Å²) in [6, 6.07) is 7.07. The first kappa shape index (κ1) is 14.3. The standard InChI is InChI=1S/C13H21N3O2S/c1-10(2)15-19(17,18)13-5-3-12(4-6-13)16-8-7-11(14)9-16/h3-6,10-11,15H,7-9,14H2,1-2H3.